The van der Waals surface area contributed by atoms with Gasteiger partial charge in [-0.15, -0.1) is 0 Å². The number of pyridine rings is 1. The zero-order chi connectivity index (χ0) is 19.0. The third kappa shape index (κ3) is 2.82. The highest BCUT2D eigenvalue weighted by Gasteiger charge is 2.21. The fourth-order valence-corrected chi connectivity index (χ4v) is 2.52. The van der Waals surface area contributed by atoms with E-state index in [1.54, 1.807) is 6.07 Å². The average Bonchev–Trinajstić information content (AvgIpc) is 2.58. The highest BCUT2D eigenvalue weighted by Crippen LogP contribution is 2.29. The van der Waals surface area contributed by atoms with Crippen LogP contribution in [0.2, 0.25) is 0 Å². The third-order valence-electron chi connectivity index (χ3n) is 3.73. The van der Waals surface area contributed by atoms with Crippen LogP contribution in [0, 0.1) is 18.6 Å². The van der Waals surface area contributed by atoms with Gasteiger partial charge in [-0.05, 0) is 19.1 Å². The maximum absolute atomic E-state index is 13.6. The minimum absolute atomic E-state index is 0.131. The predicted octanol–water partition coefficient (Wildman–Crippen LogP) is 1.10. The maximum atomic E-state index is 13.6. The molecule has 0 amide bonds. The van der Waals surface area contributed by atoms with Crippen molar-refractivity contribution in [3.05, 3.63) is 74.8 Å². The van der Waals surface area contributed by atoms with Gasteiger partial charge < -0.3 is 10.7 Å². The number of nitrogen functional groups attached to an aromatic ring is 1. The molecule has 0 saturated heterocycles. The van der Waals surface area contributed by atoms with Crippen molar-refractivity contribution in [2.75, 3.05) is 10.7 Å². The van der Waals surface area contributed by atoms with Gasteiger partial charge in [-0.3, -0.25) is 14.8 Å². The normalized spacial score (nSPS) is 10.8. The lowest BCUT2D eigenvalue weighted by molar-refractivity contribution is 0.509. The van der Waals surface area contributed by atoms with E-state index in [2.05, 4.69) is 9.97 Å². The second-order valence-electron chi connectivity index (χ2n) is 5.45. The number of rotatable bonds is 3. The minimum Gasteiger partial charge on any atom is -0.397 e. The molecular formula is C16H14F2N6O2. The number of benzene rings is 1. The molecule has 0 fully saturated rings. The number of aromatic amines is 1. The summed E-state index contributed by atoms with van der Waals surface area (Å²) in [6.07, 6.45) is 2.80. The molecule has 26 heavy (non-hydrogen) atoms. The lowest BCUT2D eigenvalue weighted by atomic mass is 10.2. The molecule has 134 valence electrons. The molecule has 0 unspecified atom stereocenters. The van der Waals surface area contributed by atoms with Gasteiger partial charge in [0.25, 0.3) is 5.56 Å². The van der Waals surface area contributed by atoms with Crippen LogP contribution in [0.4, 0.5) is 25.8 Å². The van der Waals surface area contributed by atoms with Crippen molar-refractivity contribution in [3.63, 3.8) is 0 Å². The molecule has 5 N–H and O–H groups in total. The van der Waals surface area contributed by atoms with Crippen LogP contribution in [-0.2, 0) is 0 Å². The fraction of sp³-hybridized carbons (Fsp3) is 0.0625. The van der Waals surface area contributed by atoms with Crippen LogP contribution in [0.15, 0.2) is 46.2 Å². The first-order valence-electron chi connectivity index (χ1n) is 7.37. The second-order valence-corrected chi connectivity index (χ2v) is 5.45. The van der Waals surface area contributed by atoms with E-state index in [1.807, 2.05) is 0 Å². The van der Waals surface area contributed by atoms with Crippen molar-refractivity contribution in [2.45, 2.75) is 6.92 Å². The molecule has 0 aliphatic carbocycles. The molecule has 10 heteroatoms. The number of anilines is 3. The number of aromatic nitrogens is 3. The molecule has 0 radical (unpaired) electrons. The molecule has 0 aliphatic rings. The zero-order valence-corrected chi connectivity index (χ0v) is 13.5. The smallest absolute Gasteiger partial charge is 0.333 e. The van der Waals surface area contributed by atoms with E-state index in [9.17, 15) is 18.4 Å². The van der Waals surface area contributed by atoms with E-state index < -0.39 is 22.9 Å². The number of H-pyrrole nitrogens is 1. The summed E-state index contributed by atoms with van der Waals surface area (Å²) in [5.74, 6) is 3.62. The first-order valence-corrected chi connectivity index (χ1v) is 7.37. The average molecular weight is 360 g/mol. The van der Waals surface area contributed by atoms with E-state index in [0.29, 0.717) is 0 Å². The highest BCUT2D eigenvalue weighted by atomic mass is 19.2. The van der Waals surface area contributed by atoms with Crippen molar-refractivity contribution in [1.82, 2.24) is 14.5 Å². The van der Waals surface area contributed by atoms with Gasteiger partial charge >= 0.3 is 5.69 Å². The number of nitrogens with two attached hydrogens (primary N) is 2. The first kappa shape index (κ1) is 17.3. The van der Waals surface area contributed by atoms with Crippen LogP contribution in [0.5, 0.6) is 0 Å². The van der Waals surface area contributed by atoms with Crippen LogP contribution in [-0.4, -0.2) is 14.5 Å². The van der Waals surface area contributed by atoms with Gasteiger partial charge in [0.15, 0.2) is 11.6 Å². The highest BCUT2D eigenvalue weighted by molar-refractivity contribution is 5.74. The summed E-state index contributed by atoms with van der Waals surface area (Å²) in [4.78, 5) is 31.5. The van der Waals surface area contributed by atoms with Crippen molar-refractivity contribution in [1.29, 1.82) is 0 Å². The summed E-state index contributed by atoms with van der Waals surface area (Å²) in [5, 5.41) is 0.804. The van der Waals surface area contributed by atoms with E-state index in [4.69, 9.17) is 11.6 Å². The Balaban J connectivity index is 2.25. The Hall–Kier alpha value is -3.53. The number of hydrogen-bond donors (Lipinski definition) is 3. The van der Waals surface area contributed by atoms with E-state index in [-0.39, 0.29) is 28.4 Å². The number of hydrogen-bond acceptors (Lipinski definition) is 6. The molecule has 0 atom stereocenters. The second kappa shape index (κ2) is 6.41. The number of halogens is 2. The number of aryl methyl sites for hydroxylation is 1. The molecule has 2 heterocycles. The summed E-state index contributed by atoms with van der Waals surface area (Å²) >= 11 is 0. The minimum atomic E-state index is -1.18. The number of nitrogens with one attached hydrogen (secondary N) is 1. The Morgan fingerprint density at radius 2 is 1.92 bits per heavy atom. The molecule has 1 aromatic carbocycles. The van der Waals surface area contributed by atoms with Crippen LogP contribution in [0.1, 0.15) is 5.69 Å². The molecule has 8 nitrogen and oxygen atoms in total. The maximum Gasteiger partial charge on any atom is 0.333 e. The Bertz CT molecular complexity index is 1090. The molecule has 3 rings (SSSR count). The van der Waals surface area contributed by atoms with Crippen molar-refractivity contribution < 1.29 is 8.78 Å². The number of nitrogens with zero attached hydrogens (tertiary/aromatic N) is 3. The van der Waals surface area contributed by atoms with E-state index in [1.165, 1.54) is 25.4 Å². The quantitative estimate of drug-likeness (QED) is 0.365. The van der Waals surface area contributed by atoms with Gasteiger partial charge in [-0.2, -0.15) is 0 Å². The molecule has 0 bridgehead atoms. The van der Waals surface area contributed by atoms with Gasteiger partial charge in [-0.1, -0.05) is 0 Å². The summed E-state index contributed by atoms with van der Waals surface area (Å²) < 4.78 is 27.7. The fourth-order valence-electron chi connectivity index (χ4n) is 2.52. The number of hydrazine groups is 1. The summed E-state index contributed by atoms with van der Waals surface area (Å²) in [5.41, 5.74) is 4.10. The Morgan fingerprint density at radius 1 is 1.23 bits per heavy atom. The van der Waals surface area contributed by atoms with Crippen LogP contribution in [0.25, 0.3) is 5.69 Å². The lowest BCUT2D eigenvalue weighted by Gasteiger charge is -2.22. The zero-order valence-electron chi connectivity index (χ0n) is 13.5. The molecule has 0 spiro atoms. The molecule has 3 aromatic rings. The van der Waals surface area contributed by atoms with Crippen LogP contribution in [0.3, 0.4) is 0 Å². The Kier molecular flexibility index (Phi) is 4.26. The Morgan fingerprint density at radius 3 is 2.58 bits per heavy atom. The van der Waals surface area contributed by atoms with E-state index in [0.717, 1.165) is 21.7 Å². The van der Waals surface area contributed by atoms with Gasteiger partial charge in [0, 0.05) is 24.0 Å². The molecule has 2 aromatic heterocycles. The van der Waals surface area contributed by atoms with Crippen LogP contribution < -0.4 is 27.8 Å². The van der Waals surface area contributed by atoms with Gasteiger partial charge in [-0.25, -0.2) is 24.0 Å². The van der Waals surface area contributed by atoms with Gasteiger partial charge in [0.2, 0.25) is 0 Å². The van der Waals surface area contributed by atoms with Gasteiger partial charge in [0.05, 0.1) is 23.3 Å². The standard InChI is InChI=1S/C16H14F2N6O2/c1-8-14(24(20)13-6-11(18)10(17)5-12(13)19)15(25)23(16(26)22-8)9-3-2-4-21-7-9/h2-7H,19-20H2,1H3,(H,22,26). The SMILES string of the molecule is Cc1[nH]c(=O)n(-c2cccnc2)c(=O)c1N(N)c1cc(F)c(F)cc1N. The Labute approximate surface area is 145 Å². The topological polar surface area (TPSA) is 123 Å². The monoisotopic (exact) mass is 360 g/mol. The van der Waals surface area contributed by atoms with Crippen LogP contribution >= 0.6 is 0 Å². The van der Waals surface area contributed by atoms with E-state index >= 15 is 0 Å². The molecule has 0 aliphatic heterocycles. The molecule has 0 saturated carbocycles. The summed E-state index contributed by atoms with van der Waals surface area (Å²) in [6, 6.07) is 4.58. The molecular weight excluding hydrogens is 346 g/mol. The van der Waals surface area contributed by atoms with Gasteiger partial charge in [0.1, 0.15) is 5.69 Å². The first-order chi connectivity index (χ1) is 12.3. The van der Waals surface area contributed by atoms with Crippen molar-refractivity contribution >= 4 is 17.1 Å². The summed E-state index contributed by atoms with van der Waals surface area (Å²) in [6.45, 7) is 1.45. The summed E-state index contributed by atoms with van der Waals surface area (Å²) in [7, 11) is 0. The van der Waals surface area contributed by atoms with Crippen molar-refractivity contribution in [3.8, 4) is 5.69 Å². The van der Waals surface area contributed by atoms with Crippen molar-refractivity contribution in [2.24, 2.45) is 5.84 Å². The predicted molar refractivity (Wildman–Crippen MR) is 92.3 cm³/mol. The largest absolute Gasteiger partial charge is 0.397 e. The third-order valence-corrected chi connectivity index (χ3v) is 3.73. The lowest BCUT2D eigenvalue weighted by Crippen LogP contribution is -2.41.